The molecule has 1 saturated heterocycles. The highest BCUT2D eigenvalue weighted by atomic mass is 32.2. The Labute approximate surface area is 123 Å². The summed E-state index contributed by atoms with van der Waals surface area (Å²) in [7, 11) is -3.67. The Balaban J connectivity index is 1.84. The lowest BCUT2D eigenvalue weighted by Crippen LogP contribution is -2.33. The van der Waals surface area contributed by atoms with Crippen molar-refractivity contribution in [3.63, 3.8) is 0 Å². The number of alkyl halides is 2. The van der Waals surface area contributed by atoms with Crippen molar-refractivity contribution in [1.29, 1.82) is 0 Å². The lowest BCUT2D eigenvalue weighted by Gasteiger charge is -2.22. The first-order chi connectivity index (χ1) is 9.97. The van der Waals surface area contributed by atoms with Crippen molar-refractivity contribution in [2.24, 2.45) is 5.92 Å². The summed E-state index contributed by atoms with van der Waals surface area (Å²) in [5, 5.41) is 6.90. The quantitative estimate of drug-likeness (QED) is 0.779. The first-order valence-corrected chi connectivity index (χ1v) is 8.46. The fraction of sp³-hybridized carbons (Fsp3) is 0.750. The van der Waals surface area contributed by atoms with Crippen LogP contribution in [0.3, 0.4) is 0 Å². The van der Waals surface area contributed by atoms with Crippen LogP contribution in [0.2, 0.25) is 0 Å². The second-order valence-corrected chi connectivity index (χ2v) is 6.95. The third-order valence-electron chi connectivity index (χ3n) is 3.49. The van der Waals surface area contributed by atoms with Crippen molar-refractivity contribution in [3.8, 4) is 0 Å². The van der Waals surface area contributed by atoms with Gasteiger partial charge in [0.25, 0.3) is 6.43 Å². The molecule has 1 fully saturated rings. The Kier molecular flexibility index (Phi) is 5.65. The van der Waals surface area contributed by atoms with E-state index in [0.717, 1.165) is 49.4 Å². The summed E-state index contributed by atoms with van der Waals surface area (Å²) in [6, 6.07) is 0. The SMILES string of the molecule is O=S(=O)(NCCC1CCCNC1)c1cnn(CC(F)F)c1. The molecule has 0 aromatic carbocycles. The van der Waals surface area contributed by atoms with E-state index in [-0.39, 0.29) is 4.90 Å². The Morgan fingerprint density at radius 3 is 3.00 bits per heavy atom. The fourth-order valence-corrected chi connectivity index (χ4v) is 3.38. The van der Waals surface area contributed by atoms with Gasteiger partial charge < -0.3 is 5.32 Å². The predicted octanol–water partition coefficient (Wildman–Crippen LogP) is 0.816. The largest absolute Gasteiger partial charge is 0.316 e. The Morgan fingerprint density at radius 1 is 1.52 bits per heavy atom. The van der Waals surface area contributed by atoms with E-state index >= 15 is 0 Å². The molecule has 9 heteroatoms. The number of hydrogen-bond donors (Lipinski definition) is 2. The molecule has 1 aliphatic rings. The maximum Gasteiger partial charge on any atom is 0.257 e. The van der Waals surface area contributed by atoms with Gasteiger partial charge in [0, 0.05) is 12.7 Å². The topological polar surface area (TPSA) is 76.0 Å². The van der Waals surface area contributed by atoms with Crippen LogP contribution in [0.25, 0.3) is 0 Å². The van der Waals surface area contributed by atoms with Gasteiger partial charge in [-0.2, -0.15) is 5.10 Å². The smallest absolute Gasteiger partial charge is 0.257 e. The van der Waals surface area contributed by atoms with Crippen LogP contribution in [0.5, 0.6) is 0 Å². The van der Waals surface area contributed by atoms with Crippen LogP contribution in [-0.4, -0.2) is 44.3 Å². The molecule has 0 saturated carbocycles. The zero-order valence-electron chi connectivity index (χ0n) is 11.6. The second kappa shape index (κ2) is 7.28. The lowest BCUT2D eigenvalue weighted by molar-refractivity contribution is 0.121. The van der Waals surface area contributed by atoms with Crippen LogP contribution < -0.4 is 10.0 Å². The van der Waals surface area contributed by atoms with Gasteiger partial charge in [0.2, 0.25) is 10.0 Å². The predicted molar refractivity (Wildman–Crippen MR) is 73.6 cm³/mol. The van der Waals surface area contributed by atoms with Gasteiger partial charge in [0.15, 0.2) is 0 Å². The number of nitrogens with one attached hydrogen (secondary N) is 2. The molecular weight excluding hydrogens is 302 g/mol. The van der Waals surface area contributed by atoms with Gasteiger partial charge >= 0.3 is 0 Å². The van der Waals surface area contributed by atoms with Crippen LogP contribution in [0.4, 0.5) is 8.78 Å². The van der Waals surface area contributed by atoms with E-state index < -0.39 is 23.0 Å². The van der Waals surface area contributed by atoms with E-state index in [1.807, 2.05) is 0 Å². The van der Waals surface area contributed by atoms with Crippen LogP contribution in [0.1, 0.15) is 19.3 Å². The minimum atomic E-state index is -3.67. The zero-order valence-corrected chi connectivity index (χ0v) is 12.5. The van der Waals surface area contributed by atoms with E-state index in [1.54, 1.807) is 0 Å². The van der Waals surface area contributed by atoms with Crippen LogP contribution in [0, 0.1) is 5.92 Å². The molecule has 21 heavy (non-hydrogen) atoms. The number of sulfonamides is 1. The van der Waals surface area contributed by atoms with Gasteiger partial charge in [0.05, 0.1) is 6.20 Å². The number of hydrogen-bond acceptors (Lipinski definition) is 4. The van der Waals surface area contributed by atoms with Crippen molar-refractivity contribution < 1.29 is 17.2 Å². The molecule has 0 radical (unpaired) electrons. The summed E-state index contributed by atoms with van der Waals surface area (Å²) in [6.07, 6.45) is 2.62. The molecule has 120 valence electrons. The third-order valence-corrected chi connectivity index (χ3v) is 4.90. The summed E-state index contributed by atoms with van der Waals surface area (Å²) < 4.78 is 51.8. The third kappa shape index (κ3) is 5.01. The summed E-state index contributed by atoms with van der Waals surface area (Å²) >= 11 is 0. The highest BCUT2D eigenvalue weighted by Gasteiger charge is 2.19. The summed E-state index contributed by atoms with van der Waals surface area (Å²) in [4.78, 5) is -0.0788. The molecule has 6 nitrogen and oxygen atoms in total. The van der Waals surface area contributed by atoms with Gasteiger partial charge in [-0.15, -0.1) is 0 Å². The zero-order chi connectivity index (χ0) is 15.3. The van der Waals surface area contributed by atoms with Gasteiger partial charge in [-0.05, 0) is 38.3 Å². The molecule has 1 aromatic rings. The molecule has 1 unspecified atom stereocenters. The number of aromatic nitrogens is 2. The van der Waals surface area contributed by atoms with Crippen molar-refractivity contribution >= 4 is 10.0 Å². The number of nitrogens with zero attached hydrogens (tertiary/aromatic N) is 2. The van der Waals surface area contributed by atoms with Crippen LogP contribution in [-0.2, 0) is 16.6 Å². The molecule has 0 spiro atoms. The van der Waals surface area contributed by atoms with Crippen molar-refractivity contribution in [2.75, 3.05) is 19.6 Å². The molecule has 1 aliphatic heterocycles. The molecule has 1 aromatic heterocycles. The number of piperidine rings is 1. The Morgan fingerprint density at radius 2 is 2.33 bits per heavy atom. The summed E-state index contributed by atoms with van der Waals surface area (Å²) in [5.74, 6) is 0.475. The monoisotopic (exact) mass is 322 g/mol. The Hall–Kier alpha value is -1.06. The number of halogens is 2. The minimum absolute atomic E-state index is 0.0788. The average Bonchev–Trinajstić information content (AvgIpc) is 2.88. The first-order valence-electron chi connectivity index (χ1n) is 6.98. The molecular formula is C12H20F2N4O2S. The van der Waals surface area contributed by atoms with Crippen molar-refractivity contribution in [2.45, 2.75) is 37.1 Å². The normalized spacial score (nSPS) is 20.0. The lowest BCUT2D eigenvalue weighted by atomic mass is 9.96. The second-order valence-electron chi connectivity index (χ2n) is 5.19. The molecule has 1 atom stereocenters. The van der Waals surface area contributed by atoms with Crippen molar-refractivity contribution in [3.05, 3.63) is 12.4 Å². The molecule has 2 rings (SSSR count). The fourth-order valence-electron chi connectivity index (χ4n) is 2.38. The van der Waals surface area contributed by atoms with E-state index in [1.165, 1.54) is 0 Å². The highest BCUT2D eigenvalue weighted by Crippen LogP contribution is 2.14. The van der Waals surface area contributed by atoms with Gasteiger partial charge in [-0.1, -0.05) is 0 Å². The van der Waals surface area contributed by atoms with Gasteiger partial charge in [0.1, 0.15) is 11.4 Å². The standard InChI is InChI=1S/C12H20F2N4O2S/c13-12(14)9-18-8-11(7-16-18)21(19,20)17-5-3-10-2-1-4-15-6-10/h7-8,10,12,15,17H,1-6,9H2. The molecule has 0 bridgehead atoms. The molecule has 2 heterocycles. The van der Waals surface area contributed by atoms with Crippen molar-refractivity contribution in [1.82, 2.24) is 19.8 Å². The van der Waals surface area contributed by atoms with Gasteiger partial charge in [-0.3, -0.25) is 4.68 Å². The summed E-state index contributed by atoms with van der Waals surface area (Å²) in [6.45, 7) is 1.66. The van der Waals surface area contributed by atoms with E-state index in [0.29, 0.717) is 12.5 Å². The number of rotatable bonds is 7. The molecule has 0 aliphatic carbocycles. The van der Waals surface area contributed by atoms with E-state index in [4.69, 9.17) is 0 Å². The minimum Gasteiger partial charge on any atom is -0.316 e. The Bertz CT molecular complexity index is 541. The average molecular weight is 322 g/mol. The van der Waals surface area contributed by atoms with E-state index in [2.05, 4.69) is 15.1 Å². The van der Waals surface area contributed by atoms with Crippen LogP contribution in [0.15, 0.2) is 17.3 Å². The molecule has 0 amide bonds. The molecule has 2 N–H and O–H groups in total. The first kappa shape index (κ1) is 16.3. The maximum absolute atomic E-state index is 12.2. The van der Waals surface area contributed by atoms with E-state index in [9.17, 15) is 17.2 Å². The highest BCUT2D eigenvalue weighted by molar-refractivity contribution is 7.89. The maximum atomic E-state index is 12.2. The van der Waals surface area contributed by atoms with Crippen LogP contribution >= 0.6 is 0 Å². The van der Waals surface area contributed by atoms with Gasteiger partial charge in [-0.25, -0.2) is 21.9 Å². The summed E-state index contributed by atoms with van der Waals surface area (Å²) in [5.41, 5.74) is 0.